The lowest BCUT2D eigenvalue weighted by Crippen LogP contribution is -2.43. The Morgan fingerprint density at radius 2 is 1.77 bits per heavy atom. The van der Waals surface area contributed by atoms with E-state index in [9.17, 15) is 9.90 Å². The van der Waals surface area contributed by atoms with Crippen LogP contribution in [0.4, 0.5) is 11.4 Å². The van der Waals surface area contributed by atoms with Gasteiger partial charge in [0.05, 0.1) is 17.9 Å². The molecule has 2 N–H and O–H groups in total. The Bertz CT molecular complexity index is 1280. The van der Waals surface area contributed by atoms with E-state index in [-0.39, 0.29) is 11.7 Å². The first-order valence-corrected chi connectivity index (χ1v) is 10.3. The Hall–Kier alpha value is -3.99. The van der Waals surface area contributed by atoms with E-state index < -0.39 is 6.17 Å². The van der Waals surface area contributed by atoms with Gasteiger partial charge in [0.25, 0.3) is 5.91 Å². The molecule has 4 aromatic rings. The zero-order chi connectivity index (χ0) is 21.4. The molecule has 0 spiro atoms. The van der Waals surface area contributed by atoms with Crippen molar-refractivity contribution in [1.29, 1.82) is 0 Å². The average Bonchev–Trinajstić information content (AvgIpc) is 2.79. The molecule has 0 radical (unpaired) electrons. The van der Waals surface area contributed by atoms with Gasteiger partial charge >= 0.3 is 0 Å². The molecular weight excluding hydrogens is 388 g/mol. The van der Waals surface area contributed by atoms with Crippen LogP contribution in [0.25, 0.3) is 10.8 Å². The number of carbonyl (C=O) groups excluding carboxylic acids is 1. The Balaban J connectivity index is 1.74. The number of rotatable bonds is 4. The van der Waals surface area contributed by atoms with Crippen molar-refractivity contribution in [2.75, 3.05) is 16.8 Å². The number of carbonyl (C=O) groups is 1. The van der Waals surface area contributed by atoms with Crippen molar-refractivity contribution in [2.45, 2.75) is 13.1 Å². The first-order chi connectivity index (χ1) is 15.2. The van der Waals surface area contributed by atoms with Crippen molar-refractivity contribution in [3.63, 3.8) is 0 Å². The third-order valence-corrected chi connectivity index (χ3v) is 5.55. The molecule has 1 amide bonds. The van der Waals surface area contributed by atoms with Gasteiger partial charge in [-0.3, -0.25) is 9.69 Å². The van der Waals surface area contributed by atoms with Crippen molar-refractivity contribution in [3.8, 4) is 11.5 Å². The minimum Gasteiger partial charge on any atom is -0.507 e. The van der Waals surface area contributed by atoms with E-state index >= 15 is 0 Å². The van der Waals surface area contributed by atoms with E-state index in [4.69, 9.17) is 4.74 Å². The molecule has 1 atom stereocenters. The SMILES string of the molecule is CCOc1cccc(N2C(=O)c3ccccc3N[C@@H]2c2c(O)ccc3ccccc23)c1. The van der Waals surface area contributed by atoms with Gasteiger partial charge in [-0.2, -0.15) is 0 Å². The number of nitrogens with zero attached hydrogens (tertiary/aromatic N) is 1. The van der Waals surface area contributed by atoms with E-state index in [0.29, 0.717) is 29.2 Å². The molecule has 0 bridgehead atoms. The van der Waals surface area contributed by atoms with Gasteiger partial charge in [-0.25, -0.2) is 0 Å². The second kappa shape index (κ2) is 7.69. The summed E-state index contributed by atoms with van der Waals surface area (Å²) in [6, 6.07) is 26.3. The average molecular weight is 410 g/mol. The molecule has 0 fully saturated rings. The molecule has 0 aliphatic carbocycles. The number of phenols is 1. The highest BCUT2D eigenvalue weighted by Crippen LogP contribution is 2.42. The van der Waals surface area contributed by atoms with Crippen LogP contribution in [0.3, 0.4) is 0 Å². The monoisotopic (exact) mass is 410 g/mol. The van der Waals surface area contributed by atoms with E-state index in [0.717, 1.165) is 16.5 Å². The van der Waals surface area contributed by atoms with E-state index in [1.165, 1.54) is 0 Å². The normalized spacial score (nSPS) is 15.5. The van der Waals surface area contributed by atoms with E-state index in [1.807, 2.05) is 85.8 Å². The van der Waals surface area contributed by atoms with Crippen LogP contribution in [0.5, 0.6) is 11.5 Å². The molecule has 0 saturated carbocycles. The topological polar surface area (TPSA) is 61.8 Å². The number of fused-ring (bicyclic) bond motifs is 2. The molecule has 1 aliphatic heterocycles. The number of benzene rings is 4. The number of phenolic OH excluding ortho intramolecular Hbond substituents is 1. The summed E-state index contributed by atoms with van der Waals surface area (Å²) >= 11 is 0. The van der Waals surface area contributed by atoms with Gasteiger partial charge < -0.3 is 15.2 Å². The third-order valence-electron chi connectivity index (χ3n) is 5.55. The van der Waals surface area contributed by atoms with Crippen LogP contribution in [-0.4, -0.2) is 17.6 Å². The fourth-order valence-corrected chi connectivity index (χ4v) is 4.18. The molecule has 5 heteroatoms. The highest BCUT2D eigenvalue weighted by atomic mass is 16.5. The number of nitrogens with one attached hydrogen (secondary N) is 1. The predicted octanol–water partition coefficient (Wildman–Crippen LogP) is 5.72. The summed E-state index contributed by atoms with van der Waals surface area (Å²) in [6.07, 6.45) is -0.592. The quantitative estimate of drug-likeness (QED) is 0.452. The molecule has 1 aliphatic rings. The molecule has 154 valence electrons. The smallest absolute Gasteiger partial charge is 0.262 e. The van der Waals surface area contributed by atoms with Gasteiger partial charge in [-0.15, -0.1) is 0 Å². The van der Waals surface area contributed by atoms with Crippen molar-refractivity contribution in [1.82, 2.24) is 0 Å². The summed E-state index contributed by atoms with van der Waals surface area (Å²) in [4.78, 5) is 15.4. The summed E-state index contributed by atoms with van der Waals surface area (Å²) in [7, 11) is 0. The lowest BCUT2D eigenvalue weighted by Gasteiger charge is -2.38. The summed E-state index contributed by atoms with van der Waals surface area (Å²) in [5.74, 6) is 0.683. The van der Waals surface area contributed by atoms with Crippen LogP contribution in [0, 0.1) is 0 Å². The number of para-hydroxylation sites is 1. The lowest BCUT2D eigenvalue weighted by molar-refractivity contribution is 0.0975. The summed E-state index contributed by atoms with van der Waals surface area (Å²) in [5.41, 5.74) is 2.67. The van der Waals surface area contributed by atoms with Crippen molar-refractivity contribution in [2.24, 2.45) is 0 Å². The van der Waals surface area contributed by atoms with Gasteiger partial charge in [0.15, 0.2) is 0 Å². The highest BCUT2D eigenvalue weighted by Gasteiger charge is 2.36. The minimum absolute atomic E-state index is 0.134. The van der Waals surface area contributed by atoms with Crippen LogP contribution in [0.1, 0.15) is 29.0 Å². The number of hydrogen-bond donors (Lipinski definition) is 2. The molecule has 1 heterocycles. The molecule has 4 aromatic carbocycles. The highest BCUT2D eigenvalue weighted by molar-refractivity contribution is 6.12. The maximum absolute atomic E-state index is 13.7. The van der Waals surface area contributed by atoms with Gasteiger partial charge in [-0.05, 0) is 48.0 Å². The first kappa shape index (κ1) is 19.0. The summed E-state index contributed by atoms with van der Waals surface area (Å²) < 4.78 is 5.67. The fourth-order valence-electron chi connectivity index (χ4n) is 4.18. The van der Waals surface area contributed by atoms with Gasteiger partial charge in [-0.1, -0.05) is 48.5 Å². The largest absolute Gasteiger partial charge is 0.507 e. The second-order valence-corrected chi connectivity index (χ2v) is 7.42. The lowest BCUT2D eigenvalue weighted by atomic mass is 9.97. The van der Waals surface area contributed by atoms with E-state index in [2.05, 4.69) is 5.32 Å². The summed E-state index contributed by atoms with van der Waals surface area (Å²) in [6.45, 7) is 2.46. The maximum Gasteiger partial charge on any atom is 0.262 e. The van der Waals surface area contributed by atoms with Crippen LogP contribution in [-0.2, 0) is 0 Å². The van der Waals surface area contributed by atoms with Crippen LogP contribution < -0.4 is 15.0 Å². The fraction of sp³-hybridized carbons (Fsp3) is 0.115. The summed E-state index contributed by atoms with van der Waals surface area (Å²) in [5, 5.41) is 16.3. The maximum atomic E-state index is 13.7. The minimum atomic E-state index is -0.592. The number of ether oxygens (including phenoxy) is 1. The number of aromatic hydroxyl groups is 1. The Labute approximate surface area is 180 Å². The van der Waals surface area contributed by atoms with Gasteiger partial charge in [0, 0.05) is 17.3 Å². The van der Waals surface area contributed by atoms with E-state index in [1.54, 1.807) is 11.0 Å². The molecule has 0 unspecified atom stereocenters. The van der Waals surface area contributed by atoms with Crippen LogP contribution in [0.2, 0.25) is 0 Å². The van der Waals surface area contributed by atoms with Gasteiger partial charge in [0.2, 0.25) is 0 Å². The third kappa shape index (κ3) is 3.24. The zero-order valence-electron chi connectivity index (χ0n) is 17.1. The van der Waals surface area contributed by atoms with Crippen molar-refractivity contribution < 1.29 is 14.6 Å². The Morgan fingerprint density at radius 3 is 2.65 bits per heavy atom. The van der Waals surface area contributed by atoms with Crippen LogP contribution in [0.15, 0.2) is 84.9 Å². The predicted molar refractivity (Wildman–Crippen MR) is 123 cm³/mol. The zero-order valence-corrected chi connectivity index (χ0v) is 17.1. The van der Waals surface area contributed by atoms with Crippen molar-refractivity contribution in [3.05, 3.63) is 96.1 Å². The molecule has 5 nitrogen and oxygen atoms in total. The number of amides is 1. The molecule has 0 aromatic heterocycles. The molecule has 31 heavy (non-hydrogen) atoms. The van der Waals surface area contributed by atoms with Crippen molar-refractivity contribution >= 4 is 28.1 Å². The van der Waals surface area contributed by atoms with Crippen LogP contribution >= 0.6 is 0 Å². The standard InChI is InChI=1S/C26H22N2O3/c1-2-31-19-10-7-9-18(16-19)28-25(27-22-13-6-5-12-21(22)26(28)30)24-20-11-4-3-8-17(20)14-15-23(24)29/h3-16,25,27,29H,2H2,1H3/t25-/m0/s1. The number of hydrogen-bond acceptors (Lipinski definition) is 4. The van der Waals surface area contributed by atoms with Gasteiger partial charge in [0.1, 0.15) is 17.7 Å². The number of anilines is 2. The Kier molecular flexibility index (Phi) is 4.71. The molecule has 0 saturated heterocycles. The second-order valence-electron chi connectivity index (χ2n) is 7.42. The molecular formula is C26H22N2O3. The first-order valence-electron chi connectivity index (χ1n) is 10.3. The Morgan fingerprint density at radius 1 is 0.968 bits per heavy atom. The molecule has 5 rings (SSSR count).